The second-order valence-corrected chi connectivity index (χ2v) is 4.93. The molecule has 2 aromatic carbocycles. The van der Waals surface area contributed by atoms with Gasteiger partial charge in [0.2, 0.25) is 0 Å². The first-order valence-corrected chi connectivity index (χ1v) is 6.53. The average Bonchev–Trinajstić information content (AvgIpc) is 2.37. The lowest BCUT2D eigenvalue weighted by Crippen LogP contribution is -2.07. The summed E-state index contributed by atoms with van der Waals surface area (Å²) in [6.07, 6.45) is -0.152. The van der Waals surface area contributed by atoms with Crippen molar-refractivity contribution < 1.29 is 13.9 Å². The van der Waals surface area contributed by atoms with Crippen LogP contribution < -0.4 is 15.2 Å². The van der Waals surface area contributed by atoms with E-state index in [0.717, 1.165) is 0 Å². The van der Waals surface area contributed by atoms with Crippen LogP contribution in [0.25, 0.3) is 0 Å². The van der Waals surface area contributed by atoms with Crippen molar-refractivity contribution in [1.82, 2.24) is 0 Å². The van der Waals surface area contributed by atoms with Crippen molar-refractivity contribution in [2.24, 2.45) is 0 Å². The van der Waals surface area contributed by atoms with Gasteiger partial charge in [-0.2, -0.15) is 0 Å². The summed E-state index contributed by atoms with van der Waals surface area (Å²) in [5.41, 5.74) is 5.93. The molecule has 0 amide bonds. The highest BCUT2D eigenvalue weighted by molar-refractivity contribution is 6.32. The van der Waals surface area contributed by atoms with Crippen LogP contribution >= 0.6 is 11.6 Å². The van der Waals surface area contributed by atoms with Crippen LogP contribution in [0.2, 0.25) is 5.02 Å². The molecule has 0 fully saturated rings. The van der Waals surface area contributed by atoms with Crippen LogP contribution in [0, 0.1) is 5.82 Å². The van der Waals surface area contributed by atoms with E-state index in [1.54, 1.807) is 24.3 Å². The van der Waals surface area contributed by atoms with E-state index in [-0.39, 0.29) is 17.5 Å². The first kappa shape index (κ1) is 14.5. The Bertz CT molecular complexity index is 617. The Kier molecular flexibility index (Phi) is 4.35. The van der Waals surface area contributed by atoms with Crippen molar-refractivity contribution in [1.29, 1.82) is 0 Å². The van der Waals surface area contributed by atoms with E-state index in [0.29, 0.717) is 16.5 Å². The molecule has 0 unspecified atom stereocenters. The zero-order valence-corrected chi connectivity index (χ0v) is 11.9. The Morgan fingerprint density at radius 1 is 1.10 bits per heavy atom. The second kappa shape index (κ2) is 6.01. The monoisotopic (exact) mass is 295 g/mol. The number of ether oxygens (including phenoxy) is 2. The summed E-state index contributed by atoms with van der Waals surface area (Å²) in [5.74, 6) is 0.317. The minimum atomic E-state index is -0.525. The molecule has 0 saturated carbocycles. The van der Waals surface area contributed by atoms with Crippen LogP contribution in [0.1, 0.15) is 13.8 Å². The van der Waals surface area contributed by atoms with Gasteiger partial charge in [-0.05, 0) is 26.0 Å². The van der Waals surface area contributed by atoms with Crippen LogP contribution in [0.15, 0.2) is 36.4 Å². The number of rotatable bonds is 4. The Balaban J connectivity index is 2.34. The third-order valence-corrected chi connectivity index (χ3v) is 2.80. The van der Waals surface area contributed by atoms with E-state index < -0.39 is 5.82 Å². The molecule has 106 valence electrons. The molecule has 0 heterocycles. The van der Waals surface area contributed by atoms with Crippen molar-refractivity contribution >= 4 is 17.3 Å². The van der Waals surface area contributed by atoms with Gasteiger partial charge in [0.15, 0.2) is 17.3 Å². The van der Waals surface area contributed by atoms with Gasteiger partial charge in [-0.3, -0.25) is 0 Å². The number of anilines is 1. The van der Waals surface area contributed by atoms with Crippen molar-refractivity contribution in [2.75, 3.05) is 5.73 Å². The van der Waals surface area contributed by atoms with Gasteiger partial charge in [0, 0.05) is 12.1 Å². The predicted molar refractivity (Wildman–Crippen MR) is 78.1 cm³/mol. The molecule has 0 aliphatic heterocycles. The summed E-state index contributed by atoms with van der Waals surface area (Å²) in [6, 6.07) is 9.57. The Morgan fingerprint density at radius 3 is 2.45 bits per heavy atom. The lowest BCUT2D eigenvalue weighted by atomic mass is 10.2. The molecule has 2 rings (SSSR count). The Labute approximate surface area is 122 Å². The first-order valence-electron chi connectivity index (χ1n) is 6.15. The third-order valence-electron chi connectivity index (χ3n) is 2.48. The summed E-state index contributed by atoms with van der Waals surface area (Å²) >= 11 is 6.01. The van der Waals surface area contributed by atoms with Crippen LogP contribution in [-0.2, 0) is 0 Å². The van der Waals surface area contributed by atoms with Crippen LogP contribution in [-0.4, -0.2) is 6.10 Å². The average molecular weight is 296 g/mol. The fourth-order valence-electron chi connectivity index (χ4n) is 1.63. The standard InChI is InChI=1S/C15H15ClFNO2/c1-9(2)19-14-8-15(12(18)7-11(14)17)20-13-6-4-3-5-10(13)16/h3-9H,18H2,1-2H3. The number of hydrogen-bond acceptors (Lipinski definition) is 3. The summed E-state index contributed by atoms with van der Waals surface area (Å²) in [4.78, 5) is 0. The third kappa shape index (κ3) is 3.33. The van der Waals surface area contributed by atoms with E-state index in [1.165, 1.54) is 12.1 Å². The number of nitrogens with two attached hydrogens (primary N) is 1. The normalized spacial score (nSPS) is 10.7. The quantitative estimate of drug-likeness (QED) is 0.836. The highest BCUT2D eigenvalue weighted by Gasteiger charge is 2.13. The highest BCUT2D eigenvalue weighted by atomic mass is 35.5. The number of para-hydroxylation sites is 1. The maximum Gasteiger partial charge on any atom is 0.167 e. The molecule has 0 spiro atoms. The highest BCUT2D eigenvalue weighted by Crippen LogP contribution is 2.36. The fourth-order valence-corrected chi connectivity index (χ4v) is 1.80. The topological polar surface area (TPSA) is 44.5 Å². The van der Waals surface area contributed by atoms with Gasteiger partial charge >= 0.3 is 0 Å². The number of hydrogen-bond donors (Lipinski definition) is 1. The van der Waals surface area contributed by atoms with Gasteiger partial charge in [-0.1, -0.05) is 23.7 Å². The van der Waals surface area contributed by atoms with Crippen molar-refractivity contribution in [3.05, 3.63) is 47.2 Å². The molecule has 20 heavy (non-hydrogen) atoms. The van der Waals surface area contributed by atoms with Gasteiger partial charge < -0.3 is 15.2 Å². The molecule has 0 aliphatic carbocycles. The van der Waals surface area contributed by atoms with Crippen molar-refractivity contribution in [3.63, 3.8) is 0 Å². The van der Waals surface area contributed by atoms with Gasteiger partial charge in [-0.25, -0.2) is 4.39 Å². The molecule has 0 atom stereocenters. The molecule has 0 bridgehead atoms. The van der Waals surface area contributed by atoms with E-state index in [1.807, 2.05) is 13.8 Å². The fraction of sp³-hybridized carbons (Fsp3) is 0.200. The Hall–Kier alpha value is -1.94. The van der Waals surface area contributed by atoms with E-state index in [4.69, 9.17) is 26.8 Å². The lowest BCUT2D eigenvalue weighted by molar-refractivity contribution is 0.230. The maximum absolute atomic E-state index is 13.7. The predicted octanol–water partition coefficient (Wildman–Crippen LogP) is 4.64. The van der Waals surface area contributed by atoms with Crippen LogP contribution in [0.3, 0.4) is 0 Å². The molecular weight excluding hydrogens is 281 g/mol. The van der Waals surface area contributed by atoms with Gasteiger partial charge in [0.25, 0.3) is 0 Å². The van der Waals surface area contributed by atoms with Crippen LogP contribution in [0.5, 0.6) is 17.2 Å². The number of benzene rings is 2. The van der Waals surface area contributed by atoms with Gasteiger partial charge in [-0.15, -0.1) is 0 Å². The Morgan fingerprint density at radius 2 is 1.80 bits per heavy atom. The zero-order valence-electron chi connectivity index (χ0n) is 11.2. The molecule has 0 saturated heterocycles. The SMILES string of the molecule is CC(C)Oc1cc(Oc2ccccc2Cl)c(N)cc1F. The first-order chi connectivity index (χ1) is 9.47. The molecule has 2 N–H and O–H groups in total. The minimum absolute atomic E-state index is 0.0938. The summed E-state index contributed by atoms with van der Waals surface area (Å²) < 4.78 is 24.7. The molecule has 0 aliphatic rings. The van der Waals surface area contributed by atoms with E-state index in [9.17, 15) is 4.39 Å². The van der Waals surface area contributed by atoms with Crippen molar-refractivity contribution in [3.8, 4) is 17.2 Å². The molecule has 3 nitrogen and oxygen atoms in total. The molecular formula is C15H15ClFNO2. The van der Waals surface area contributed by atoms with Gasteiger partial charge in [0.05, 0.1) is 16.8 Å². The summed E-state index contributed by atoms with van der Waals surface area (Å²) in [6.45, 7) is 3.62. The van der Waals surface area contributed by atoms with Crippen molar-refractivity contribution in [2.45, 2.75) is 20.0 Å². The van der Waals surface area contributed by atoms with Crippen LogP contribution in [0.4, 0.5) is 10.1 Å². The maximum atomic E-state index is 13.7. The second-order valence-electron chi connectivity index (χ2n) is 4.52. The molecule has 0 radical (unpaired) electrons. The van der Waals surface area contributed by atoms with E-state index >= 15 is 0 Å². The smallest absolute Gasteiger partial charge is 0.167 e. The number of nitrogen functional groups attached to an aromatic ring is 1. The number of halogens is 2. The summed E-state index contributed by atoms with van der Waals surface area (Å²) in [5, 5.41) is 0.447. The molecule has 2 aromatic rings. The van der Waals surface area contributed by atoms with E-state index in [2.05, 4.69) is 0 Å². The largest absolute Gasteiger partial charge is 0.488 e. The van der Waals surface area contributed by atoms with Gasteiger partial charge in [0.1, 0.15) is 5.75 Å². The zero-order chi connectivity index (χ0) is 14.7. The lowest BCUT2D eigenvalue weighted by Gasteiger charge is -2.14. The molecule has 0 aromatic heterocycles. The summed E-state index contributed by atoms with van der Waals surface area (Å²) in [7, 11) is 0. The molecule has 5 heteroatoms. The minimum Gasteiger partial charge on any atom is -0.488 e.